The molecule has 0 saturated carbocycles. The van der Waals surface area contributed by atoms with Crippen LogP contribution in [0.25, 0.3) is 0 Å². The topological polar surface area (TPSA) is 41.5 Å². The Morgan fingerprint density at radius 1 is 1.30 bits per heavy atom. The zero-order valence-electron chi connectivity index (χ0n) is 12.4. The molecule has 1 aromatic carbocycles. The minimum atomic E-state index is -0.680. The molecule has 2 unspecified atom stereocenters. The van der Waals surface area contributed by atoms with Gasteiger partial charge in [-0.1, -0.05) is 6.07 Å². The number of hydrogen-bond acceptors (Lipinski definition) is 3. The maximum Gasteiger partial charge on any atom is 0.130 e. The first-order valence-electron chi connectivity index (χ1n) is 6.69. The van der Waals surface area contributed by atoms with Crippen LogP contribution in [0.1, 0.15) is 39.3 Å². The number of benzene rings is 1. The summed E-state index contributed by atoms with van der Waals surface area (Å²) in [6, 6.07) is 3.16. The first kappa shape index (κ1) is 17.0. The zero-order chi connectivity index (χ0) is 15.3. The van der Waals surface area contributed by atoms with Gasteiger partial charge in [-0.3, -0.25) is 0 Å². The van der Waals surface area contributed by atoms with Gasteiger partial charge in [0.15, 0.2) is 0 Å². The zero-order valence-corrected chi connectivity index (χ0v) is 12.4. The molecule has 0 aliphatic carbocycles. The van der Waals surface area contributed by atoms with Gasteiger partial charge in [0.2, 0.25) is 0 Å². The fourth-order valence-corrected chi connectivity index (χ4v) is 1.68. The average molecular weight is 287 g/mol. The molecule has 0 aliphatic heterocycles. The fraction of sp³-hybridized carbons (Fsp3) is 0.600. The van der Waals surface area contributed by atoms with Gasteiger partial charge in [-0.25, -0.2) is 8.78 Å². The molecule has 0 aliphatic rings. The van der Waals surface area contributed by atoms with Crippen LogP contribution < -0.4 is 5.32 Å². The average Bonchev–Trinajstić information content (AvgIpc) is 2.32. The number of ether oxygens (including phenoxy) is 1. The van der Waals surface area contributed by atoms with E-state index in [9.17, 15) is 13.9 Å². The molecule has 5 heteroatoms. The monoisotopic (exact) mass is 287 g/mol. The number of halogens is 2. The van der Waals surface area contributed by atoms with Crippen molar-refractivity contribution in [2.24, 2.45) is 0 Å². The van der Waals surface area contributed by atoms with Gasteiger partial charge in [-0.15, -0.1) is 0 Å². The van der Waals surface area contributed by atoms with E-state index in [1.54, 1.807) is 6.92 Å². The van der Waals surface area contributed by atoms with Gasteiger partial charge >= 0.3 is 0 Å². The van der Waals surface area contributed by atoms with Crippen LogP contribution >= 0.6 is 0 Å². The van der Waals surface area contributed by atoms with Crippen LogP contribution in [0, 0.1) is 11.6 Å². The summed E-state index contributed by atoms with van der Waals surface area (Å²) in [7, 11) is 0. The SMILES string of the molecule is CC(NCC(O)COC(C)(C)C)c1ccc(F)cc1F. The predicted octanol–water partition coefficient (Wildman–Crippen LogP) is 2.79. The van der Waals surface area contributed by atoms with Crippen molar-refractivity contribution in [3.8, 4) is 0 Å². The molecule has 2 atom stereocenters. The first-order chi connectivity index (χ1) is 9.19. The highest BCUT2D eigenvalue weighted by Crippen LogP contribution is 2.17. The van der Waals surface area contributed by atoms with E-state index < -0.39 is 17.7 Å². The summed E-state index contributed by atoms with van der Waals surface area (Å²) in [6.45, 7) is 7.95. The molecule has 0 aromatic heterocycles. The van der Waals surface area contributed by atoms with E-state index in [4.69, 9.17) is 4.74 Å². The van der Waals surface area contributed by atoms with Crippen LogP contribution in [0.15, 0.2) is 18.2 Å². The van der Waals surface area contributed by atoms with Crippen molar-refractivity contribution in [3.63, 3.8) is 0 Å². The van der Waals surface area contributed by atoms with Crippen LogP contribution in [-0.2, 0) is 4.74 Å². The Morgan fingerprint density at radius 3 is 2.50 bits per heavy atom. The van der Waals surface area contributed by atoms with E-state index in [1.165, 1.54) is 12.1 Å². The normalized spacial score (nSPS) is 15.2. The largest absolute Gasteiger partial charge is 0.389 e. The number of nitrogens with one attached hydrogen (secondary N) is 1. The Bertz CT molecular complexity index is 432. The number of rotatable bonds is 6. The predicted molar refractivity (Wildman–Crippen MR) is 74.5 cm³/mol. The number of hydrogen-bond donors (Lipinski definition) is 2. The Kier molecular flexibility index (Phi) is 6.05. The third kappa shape index (κ3) is 5.94. The summed E-state index contributed by atoms with van der Waals surface area (Å²) in [5.41, 5.74) is 0.0608. The highest BCUT2D eigenvalue weighted by atomic mass is 19.1. The van der Waals surface area contributed by atoms with E-state index >= 15 is 0 Å². The van der Waals surface area contributed by atoms with Gasteiger partial charge in [0.25, 0.3) is 0 Å². The molecule has 0 amide bonds. The molecule has 1 aromatic rings. The third-order valence-corrected chi connectivity index (χ3v) is 2.80. The minimum Gasteiger partial charge on any atom is -0.389 e. The van der Waals surface area contributed by atoms with Crippen molar-refractivity contribution in [1.29, 1.82) is 0 Å². The van der Waals surface area contributed by atoms with Crippen LogP contribution in [0.3, 0.4) is 0 Å². The van der Waals surface area contributed by atoms with Gasteiger partial charge in [-0.2, -0.15) is 0 Å². The lowest BCUT2D eigenvalue weighted by atomic mass is 10.1. The van der Waals surface area contributed by atoms with Crippen LogP contribution in [0.2, 0.25) is 0 Å². The summed E-state index contributed by atoms with van der Waals surface area (Å²) < 4.78 is 31.8. The van der Waals surface area contributed by atoms with Crippen molar-refractivity contribution < 1.29 is 18.6 Å². The molecule has 0 saturated heterocycles. The second-order valence-corrected chi connectivity index (χ2v) is 5.87. The van der Waals surface area contributed by atoms with Crippen molar-refractivity contribution in [2.75, 3.05) is 13.2 Å². The molecule has 1 rings (SSSR count). The molecular weight excluding hydrogens is 264 g/mol. The van der Waals surface area contributed by atoms with Crippen molar-refractivity contribution >= 4 is 0 Å². The molecule has 3 nitrogen and oxygen atoms in total. The summed E-state index contributed by atoms with van der Waals surface area (Å²) in [6.07, 6.45) is -0.680. The van der Waals surface area contributed by atoms with E-state index in [2.05, 4.69) is 5.32 Å². The van der Waals surface area contributed by atoms with Gasteiger partial charge in [0, 0.05) is 24.2 Å². The van der Waals surface area contributed by atoms with E-state index in [0.29, 0.717) is 5.56 Å². The molecule has 0 fully saturated rings. The van der Waals surface area contributed by atoms with Crippen molar-refractivity contribution in [1.82, 2.24) is 5.32 Å². The Morgan fingerprint density at radius 2 is 1.95 bits per heavy atom. The smallest absolute Gasteiger partial charge is 0.130 e. The highest BCUT2D eigenvalue weighted by molar-refractivity contribution is 5.21. The lowest BCUT2D eigenvalue weighted by Gasteiger charge is -2.23. The molecular formula is C15H23F2NO2. The molecule has 0 heterocycles. The van der Waals surface area contributed by atoms with Crippen LogP contribution in [0.4, 0.5) is 8.78 Å². The summed E-state index contributed by atoms with van der Waals surface area (Å²) in [5.74, 6) is -1.19. The van der Waals surface area contributed by atoms with Gasteiger partial charge < -0.3 is 15.2 Å². The lowest BCUT2D eigenvalue weighted by molar-refractivity contribution is -0.0483. The Hall–Kier alpha value is -1.04. The summed E-state index contributed by atoms with van der Waals surface area (Å²) in [5, 5.41) is 12.8. The van der Waals surface area contributed by atoms with E-state index in [0.717, 1.165) is 6.07 Å². The third-order valence-electron chi connectivity index (χ3n) is 2.80. The Balaban J connectivity index is 2.44. The van der Waals surface area contributed by atoms with Crippen LogP contribution in [0.5, 0.6) is 0 Å². The standard InChI is InChI=1S/C15H23F2NO2/c1-10(13-6-5-11(16)7-14(13)17)18-8-12(19)9-20-15(2,3)4/h5-7,10,12,18-19H,8-9H2,1-4H3. The van der Waals surface area contributed by atoms with E-state index in [-0.39, 0.29) is 24.8 Å². The quantitative estimate of drug-likeness (QED) is 0.845. The summed E-state index contributed by atoms with van der Waals surface area (Å²) >= 11 is 0. The van der Waals surface area contributed by atoms with Crippen LogP contribution in [-0.4, -0.2) is 30.0 Å². The molecule has 0 radical (unpaired) electrons. The van der Waals surface area contributed by atoms with Gasteiger partial charge in [0.1, 0.15) is 11.6 Å². The Labute approximate surface area is 119 Å². The lowest BCUT2D eigenvalue weighted by Crippen LogP contribution is -2.35. The molecule has 0 spiro atoms. The van der Waals surface area contributed by atoms with Gasteiger partial charge in [-0.05, 0) is 33.8 Å². The molecule has 2 N–H and O–H groups in total. The van der Waals surface area contributed by atoms with Crippen molar-refractivity contribution in [2.45, 2.75) is 45.4 Å². The number of aliphatic hydroxyl groups is 1. The van der Waals surface area contributed by atoms with E-state index in [1.807, 2.05) is 20.8 Å². The minimum absolute atomic E-state index is 0.203. The van der Waals surface area contributed by atoms with Gasteiger partial charge in [0.05, 0.1) is 18.3 Å². The maximum atomic E-state index is 13.6. The second kappa shape index (κ2) is 7.11. The molecule has 114 valence electrons. The second-order valence-electron chi connectivity index (χ2n) is 5.87. The highest BCUT2D eigenvalue weighted by Gasteiger charge is 2.16. The summed E-state index contributed by atoms with van der Waals surface area (Å²) in [4.78, 5) is 0. The molecule has 20 heavy (non-hydrogen) atoms. The van der Waals surface area contributed by atoms with Crippen molar-refractivity contribution in [3.05, 3.63) is 35.4 Å². The fourth-order valence-electron chi connectivity index (χ4n) is 1.68. The first-order valence-corrected chi connectivity index (χ1v) is 6.69. The molecule has 0 bridgehead atoms. The number of aliphatic hydroxyl groups excluding tert-OH is 1. The maximum absolute atomic E-state index is 13.6.